The summed E-state index contributed by atoms with van der Waals surface area (Å²) in [6, 6.07) is 11.5. The van der Waals surface area contributed by atoms with Crippen molar-refractivity contribution >= 4 is 50.2 Å². The number of methoxy groups -OCH3 is 1. The third-order valence-corrected chi connectivity index (χ3v) is 8.32. The molecule has 2 aromatic carbocycles. The lowest BCUT2D eigenvalue weighted by molar-refractivity contribution is -0.384. The normalized spacial score (nSPS) is 14.1. The van der Waals surface area contributed by atoms with Crippen molar-refractivity contribution in [3.63, 3.8) is 0 Å². The lowest BCUT2D eigenvalue weighted by Gasteiger charge is -2.42. The Morgan fingerprint density at radius 1 is 1.17 bits per heavy atom. The third kappa shape index (κ3) is 3.06. The molecule has 0 aliphatic carbocycles. The van der Waals surface area contributed by atoms with Crippen LogP contribution in [0.5, 0.6) is 5.75 Å². The molecule has 4 rings (SSSR count). The first-order valence-electron chi connectivity index (χ1n) is 8.66. The van der Waals surface area contributed by atoms with Gasteiger partial charge in [0.1, 0.15) is 9.57 Å². The van der Waals surface area contributed by atoms with Gasteiger partial charge in [-0.25, -0.2) is 0 Å². The molecule has 0 saturated carbocycles. The van der Waals surface area contributed by atoms with Crippen LogP contribution in [0.2, 0.25) is 0 Å². The molecule has 0 unspecified atom stereocenters. The van der Waals surface area contributed by atoms with E-state index >= 15 is 0 Å². The number of amides is 1. The monoisotopic (exact) mass is 444 g/mol. The predicted molar refractivity (Wildman–Crippen MR) is 118 cm³/mol. The van der Waals surface area contributed by atoms with Gasteiger partial charge in [-0.05, 0) is 44.2 Å². The van der Waals surface area contributed by atoms with Crippen molar-refractivity contribution in [2.24, 2.45) is 0 Å². The van der Waals surface area contributed by atoms with E-state index in [0.717, 1.165) is 10.4 Å². The molecular weight excluding hydrogens is 428 g/mol. The minimum atomic E-state index is -0.659. The van der Waals surface area contributed by atoms with Crippen LogP contribution in [0.1, 0.15) is 29.1 Å². The second-order valence-electron chi connectivity index (χ2n) is 7.04. The summed E-state index contributed by atoms with van der Waals surface area (Å²) in [6.45, 7) is 3.94. The van der Waals surface area contributed by atoms with E-state index in [2.05, 4.69) is 0 Å². The fourth-order valence-corrected chi connectivity index (χ4v) is 6.84. The van der Waals surface area contributed by atoms with Crippen LogP contribution >= 0.6 is 32.9 Å². The van der Waals surface area contributed by atoms with Crippen molar-refractivity contribution < 1.29 is 14.5 Å². The molecule has 0 radical (unpaired) electrons. The Kier molecular flexibility index (Phi) is 4.76. The van der Waals surface area contributed by atoms with Gasteiger partial charge in [-0.1, -0.05) is 32.9 Å². The van der Waals surface area contributed by atoms with Crippen molar-refractivity contribution in [3.8, 4) is 16.9 Å². The van der Waals surface area contributed by atoms with Gasteiger partial charge >= 0.3 is 0 Å². The molecule has 1 aromatic heterocycles. The summed E-state index contributed by atoms with van der Waals surface area (Å²) in [5.41, 5.74) is 1.87. The lowest BCUT2D eigenvalue weighted by Crippen LogP contribution is -2.47. The Hall–Kier alpha value is -2.62. The lowest BCUT2D eigenvalue weighted by atomic mass is 9.86. The third-order valence-electron chi connectivity index (χ3n) is 4.99. The minimum Gasteiger partial charge on any atom is -0.497 e. The highest BCUT2D eigenvalue weighted by molar-refractivity contribution is 7.80. The number of nitro benzene ring substituents is 1. The van der Waals surface area contributed by atoms with Crippen LogP contribution in [0.15, 0.2) is 42.5 Å². The standard InChI is InChI=1S/C20H16N2O4S3/c1-20(2)17-16(19(27)29-28-17)14-10-12(22(24)25)6-9-15(14)21(20)18(23)11-4-7-13(26-3)8-5-11/h4-10H,1-3H3. The van der Waals surface area contributed by atoms with E-state index in [9.17, 15) is 14.9 Å². The molecule has 0 fully saturated rings. The summed E-state index contributed by atoms with van der Waals surface area (Å²) in [5.74, 6) is 0.469. The Balaban J connectivity index is 1.94. The van der Waals surface area contributed by atoms with Crippen LogP contribution in [0.3, 0.4) is 0 Å². The summed E-state index contributed by atoms with van der Waals surface area (Å²) in [6.07, 6.45) is 0. The van der Waals surface area contributed by atoms with E-state index in [0.29, 0.717) is 26.4 Å². The first kappa shape index (κ1) is 19.7. The largest absolute Gasteiger partial charge is 0.497 e. The number of nitrogens with zero attached hydrogens (tertiary/aromatic N) is 2. The van der Waals surface area contributed by atoms with Crippen molar-refractivity contribution in [2.45, 2.75) is 19.4 Å². The molecule has 0 saturated heterocycles. The van der Waals surface area contributed by atoms with E-state index in [-0.39, 0.29) is 11.6 Å². The quantitative estimate of drug-likeness (QED) is 0.214. The molecule has 3 aromatic rings. The van der Waals surface area contributed by atoms with E-state index < -0.39 is 10.5 Å². The molecular formula is C20H16N2O4S3. The number of benzene rings is 2. The topological polar surface area (TPSA) is 72.7 Å². The van der Waals surface area contributed by atoms with Crippen LogP contribution in [0.4, 0.5) is 11.4 Å². The Morgan fingerprint density at radius 3 is 2.48 bits per heavy atom. The Bertz CT molecular complexity index is 1200. The molecule has 1 aliphatic heterocycles. The van der Waals surface area contributed by atoms with Crippen molar-refractivity contribution in [3.05, 3.63) is 66.8 Å². The highest BCUT2D eigenvalue weighted by Crippen LogP contribution is 2.53. The van der Waals surface area contributed by atoms with E-state index in [1.54, 1.807) is 42.3 Å². The van der Waals surface area contributed by atoms with Gasteiger partial charge in [0, 0.05) is 28.8 Å². The number of carbonyl (C=O) groups is 1. The number of fused-ring (bicyclic) bond motifs is 3. The first-order valence-corrected chi connectivity index (χ1v) is 11.2. The number of hydrogen-bond acceptors (Lipinski definition) is 7. The molecule has 1 aliphatic rings. The SMILES string of the molecule is COc1ccc(C(=O)N2c3ccc([N+](=O)[O-])cc3-c3c(ssc3=S)C2(C)C)cc1. The van der Waals surface area contributed by atoms with Crippen molar-refractivity contribution in [2.75, 3.05) is 12.0 Å². The molecule has 9 heteroatoms. The van der Waals surface area contributed by atoms with Gasteiger partial charge in [0.2, 0.25) is 0 Å². The van der Waals surface area contributed by atoms with Gasteiger partial charge in [0.05, 0.1) is 28.1 Å². The molecule has 0 spiro atoms. The van der Waals surface area contributed by atoms with Gasteiger partial charge in [0.15, 0.2) is 0 Å². The fourth-order valence-electron chi connectivity index (χ4n) is 3.56. The van der Waals surface area contributed by atoms with Gasteiger partial charge in [-0.3, -0.25) is 19.8 Å². The summed E-state index contributed by atoms with van der Waals surface area (Å²) in [5, 5.41) is 11.3. The number of ether oxygens (including phenoxy) is 1. The van der Waals surface area contributed by atoms with Crippen LogP contribution < -0.4 is 9.64 Å². The summed E-state index contributed by atoms with van der Waals surface area (Å²) in [4.78, 5) is 27.1. The zero-order valence-electron chi connectivity index (χ0n) is 15.8. The average molecular weight is 445 g/mol. The Morgan fingerprint density at radius 2 is 1.86 bits per heavy atom. The molecule has 1 amide bonds. The highest BCUT2D eigenvalue weighted by atomic mass is 32.9. The maximum atomic E-state index is 13.5. The minimum absolute atomic E-state index is 0.0307. The summed E-state index contributed by atoms with van der Waals surface area (Å²) >= 11 is 5.53. The average Bonchev–Trinajstić information content (AvgIpc) is 3.10. The maximum Gasteiger partial charge on any atom is 0.270 e. The number of carbonyl (C=O) groups excluding carboxylic acids is 1. The number of anilines is 1. The smallest absolute Gasteiger partial charge is 0.270 e. The molecule has 2 heterocycles. The zero-order chi connectivity index (χ0) is 20.9. The van der Waals surface area contributed by atoms with Gasteiger partial charge in [0.25, 0.3) is 11.6 Å². The first-order chi connectivity index (χ1) is 13.8. The maximum absolute atomic E-state index is 13.5. The zero-order valence-corrected chi connectivity index (χ0v) is 18.2. The highest BCUT2D eigenvalue weighted by Gasteiger charge is 2.43. The van der Waals surface area contributed by atoms with E-state index in [1.165, 1.54) is 32.8 Å². The number of rotatable bonds is 3. The van der Waals surface area contributed by atoms with Crippen LogP contribution in [-0.2, 0) is 5.54 Å². The number of nitro groups is 1. The number of non-ortho nitro benzene ring substituents is 1. The second kappa shape index (κ2) is 7.01. The summed E-state index contributed by atoms with van der Waals surface area (Å²) < 4.78 is 5.86. The van der Waals surface area contributed by atoms with Crippen molar-refractivity contribution in [1.29, 1.82) is 0 Å². The van der Waals surface area contributed by atoms with Crippen LogP contribution in [-0.4, -0.2) is 17.9 Å². The van der Waals surface area contributed by atoms with Crippen molar-refractivity contribution in [1.82, 2.24) is 0 Å². The van der Waals surface area contributed by atoms with E-state index in [1.807, 2.05) is 13.8 Å². The molecule has 0 bridgehead atoms. The summed E-state index contributed by atoms with van der Waals surface area (Å²) in [7, 11) is 4.53. The van der Waals surface area contributed by atoms with Gasteiger partial charge in [-0.2, -0.15) is 0 Å². The molecule has 148 valence electrons. The molecule has 0 N–H and O–H groups in total. The molecule has 29 heavy (non-hydrogen) atoms. The van der Waals surface area contributed by atoms with Crippen LogP contribution in [0.25, 0.3) is 11.1 Å². The Labute approximate surface area is 179 Å². The number of hydrogen-bond donors (Lipinski definition) is 0. The predicted octanol–water partition coefficient (Wildman–Crippen LogP) is 6.02. The van der Waals surface area contributed by atoms with E-state index in [4.69, 9.17) is 17.0 Å². The molecule has 0 atom stereocenters. The second-order valence-corrected chi connectivity index (χ2v) is 9.86. The van der Waals surface area contributed by atoms with Gasteiger partial charge < -0.3 is 4.74 Å². The molecule has 6 nitrogen and oxygen atoms in total. The van der Waals surface area contributed by atoms with Gasteiger partial charge in [-0.15, -0.1) is 0 Å². The fraction of sp³-hybridized carbons (Fsp3) is 0.200. The van der Waals surface area contributed by atoms with Crippen LogP contribution in [0, 0.1) is 13.9 Å².